The van der Waals surface area contributed by atoms with Crippen LogP contribution in [0.4, 0.5) is 10.5 Å². The van der Waals surface area contributed by atoms with Gasteiger partial charge in [-0.05, 0) is 88.0 Å². The Balaban J connectivity index is 1.52. The van der Waals surface area contributed by atoms with E-state index in [1.807, 2.05) is 47.9 Å². The lowest BCUT2D eigenvalue weighted by Gasteiger charge is -2.36. The van der Waals surface area contributed by atoms with Crippen molar-refractivity contribution in [1.82, 2.24) is 9.80 Å². The average molecular weight is 524 g/mol. The minimum Gasteiger partial charge on any atom is -0.462 e. The molecule has 2 amide bonds. The summed E-state index contributed by atoms with van der Waals surface area (Å²) >= 11 is 0. The molecule has 2 aliphatic rings. The molecule has 2 aliphatic heterocycles. The Morgan fingerprint density at radius 1 is 1.05 bits per heavy atom. The molecular formula is C30H41N3O5. The van der Waals surface area contributed by atoms with Gasteiger partial charge in [-0.2, -0.15) is 0 Å². The number of rotatable bonds is 8. The first-order chi connectivity index (χ1) is 18.2. The summed E-state index contributed by atoms with van der Waals surface area (Å²) in [4.78, 5) is 31.8. The van der Waals surface area contributed by atoms with Crippen LogP contribution in [-0.4, -0.2) is 85.1 Å². The molecule has 0 spiro atoms. The summed E-state index contributed by atoms with van der Waals surface area (Å²) in [5.74, 6) is 0.0683. The number of urea groups is 1. The Labute approximate surface area is 226 Å². The lowest BCUT2D eigenvalue weighted by atomic mass is 9.88. The van der Waals surface area contributed by atoms with Crippen LogP contribution >= 0.6 is 0 Å². The minimum atomic E-state index is -0.693. The van der Waals surface area contributed by atoms with Gasteiger partial charge >= 0.3 is 12.0 Å². The van der Waals surface area contributed by atoms with E-state index in [4.69, 9.17) is 9.47 Å². The number of piperidine rings is 1. The number of nitrogens with zero attached hydrogens (tertiary/aromatic N) is 3. The predicted octanol–water partition coefficient (Wildman–Crippen LogP) is 4.27. The largest absolute Gasteiger partial charge is 0.462 e. The standard InChI is InChI=1S/C30H41N3O5/c1-4-38-28(34)25-10-8-23(9-11-25)21-33(29(35)32-16-18-37-19-17-32)27-7-5-6-26(20-27)24-12-14-31(15-13-24)22-30(2,3)36/h5-11,20,24,36H,4,12-19,21-22H2,1-3H3. The van der Waals surface area contributed by atoms with Gasteiger partial charge in [0.25, 0.3) is 0 Å². The summed E-state index contributed by atoms with van der Waals surface area (Å²) in [5.41, 5.74) is 2.85. The Morgan fingerprint density at radius 3 is 2.37 bits per heavy atom. The van der Waals surface area contributed by atoms with Crippen LogP contribution in [0.2, 0.25) is 0 Å². The van der Waals surface area contributed by atoms with Gasteiger partial charge < -0.3 is 24.4 Å². The molecule has 0 unspecified atom stereocenters. The molecule has 2 saturated heterocycles. The van der Waals surface area contributed by atoms with Crippen molar-refractivity contribution in [1.29, 1.82) is 0 Å². The van der Waals surface area contributed by atoms with E-state index in [1.54, 1.807) is 19.1 Å². The van der Waals surface area contributed by atoms with Gasteiger partial charge in [0.15, 0.2) is 0 Å². The molecule has 2 aromatic carbocycles. The molecule has 0 atom stereocenters. The van der Waals surface area contributed by atoms with E-state index in [2.05, 4.69) is 17.0 Å². The highest BCUT2D eigenvalue weighted by atomic mass is 16.5. The fourth-order valence-electron chi connectivity index (χ4n) is 5.26. The van der Waals surface area contributed by atoms with Gasteiger partial charge in [0.1, 0.15) is 0 Å². The molecule has 2 aromatic rings. The first-order valence-electron chi connectivity index (χ1n) is 13.7. The molecule has 0 aromatic heterocycles. The van der Waals surface area contributed by atoms with E-state index >= 15 is 0 Å². The molecule has 1 N–H and O–H groups in total. The molecule has 0 bridgehead atoms. The molecule has 38 heavy (non-hydrogen) atoms. The number of carbonyl (C=O) groups is 2. The molecule has 0 aliphatic carbocycles. The molecule has 2 heterocycles. The van der Waals surface area contributed by atoms with Crippen LogP contribution in [0.3, 0.4) is 0 Å². The van der Waals surface area contributed by atoms with Crippen LogP contribution in [0.5, 0.6) is 0 Å². The third kappa shape index (κ3) is 7.56. The fraction of sp³-hybridized carbons (Fsp3) is 0.533. The molecule has 0 radical (unpaired) electrons. The number of benzene rings is 2. The smallest absolute Gasteiger partial charge is 0.338 e. The summed E-state index contributed by atoms with van der Waals surface area (Å²) in [6, 6.07) is 15.6. The van der Waals surface area contributed by atoms with Gasteiger partial charge in [0, 0.05) is 25.3 Å². The van der Waals surface area contributed by atoms with Crippen molar-refractivity contribution in [3.05, 3.63) is 65.2 Å². The third-order valence-corrected chi connectivity index (χ3v) is 7.17. The number of aliphatic hydroxyl groups is 1. The van der Waals surface area contributed by atoms with Crippen molar-refractivity contribution < 1.29 is 24.2 Å². The van der Waals surface area contributed by atoms with Crippen LogP contribution < -0.4 is 4.90 Å². The topological polar surface area (TPSA) is 82.5 Å². The first-order valence-corrected chi connectivity index (χ1v) is 13.7. The molecule has 2 fully saturated rings. The maximum Gasteiger partial charge on any atom is 0.338 e. The van der Waals surface area contributed by atoms with Crippen molar-refractivity contribution in [2.75, 3.05) is 57.4 Å². The van der Waals surface area contributed by atoms with Gasteiger partial charge in [0.05, 0.1) is 37.5 Å². The van der Waals surface area contributed by atoms with Gasteiger partial charge in [-0.25, -0.2) is 9.59 Å². The number of morpholine rings is 1. The van der Waals surface area contributed by atoms with Gasteiger partial charge in [0.2, 0.25) is 0 Å². The minimum absolute atomic E-state index is 0.0417. The monoisotopic (exact) mass is 523 g/mol. The number of likely N-dealkylation sites (tertiary alicyclic amines) is 1. The SMILES string of the molecule is CCOC(=O)c1ccc(CN(C(=O)N2CCOCC2)c2cccc(C3CCN(CC(C)(C)O)CC3)c2)cc1. The van der Waals surface area contributed by atoms with E-state index in [1.165, 1.54) is 5.56 Å². The quantitative estimate of drug-likeness (QED) is 0.521. The van der Waals surface area contributed by atoms with Gasteiger partial charge in [-0.1, -0.05) is 24.3 Å². The molecule has 206 valence electrons. The summed E-state index contributed by atoms with van der Waals surface area (Å²) < 4.78 is 10.6. The molecule has 4 rings (SSSR count). The second-order valence-corrected chi connectivity index (χ2v) is 10.8. The number of amides is 2. The number of hydrogen-bond donors (Lipinski definition) is 1. The molecular weight excluding hydrogens is 482 g/mol. The zero-order valence-electron chi connectivity index (χ0n) is 22.9. The van der Waals surface area contributed by atoms with E-state index in [-0.39, 0.29) is 12.0 Å². The van der Waals surface area contributed by atoms with E-state index < -0.39 is 5.60 Å². The highest BCUT2D eigenvalue weighted by Crippen LogP contribution is 2.32. The van der Waals surface area contributed by atoms with Crippen LogP contribution in [0.1, 0.15) is 61.0 Å². The lowest BCUT2D eigenvalue weighted by Crippen LogP contribution is -2.48. The number of hydrogen-bond acceptors (Lipinski definition) is 6. The Bertz CT molecular complexity index is 1070. The highest BCUT2D eigenvalue weighted by molar-refractivity contribution is 5.92. The predicted molar refractivity (Wildman–Crippen MR) is 148 cm³/mol. The van der Waals surface area contributed by atoms with Crippen molar-refractivity contribution >= 4 is 17.7 Å². The van der Waals surface area contributed by atoms with Crippen molar-refractivity contribution in [2.24, 2.45) is 0 Å². The van der Waals surface area contributed by atoms with Gasteiger partial charge in [-0.3, -0.25) is 4.90 Å². The fourth-order valence-corrected chi connectivity index (χ4v) is 5.26. The van der Waals surface area contributed by atoms with Crippen LogP contribution in [0, 0.1) is 0 Å². The van der Waals surface area contributed by atoms with Crippen molar-refractivity contribution in [3.63, 3.8) is 0 Å². The van der Waals surface area contributed by atoms with Gasteiger partial charge in [-0.15, -0.1) is 0 Å². The van der Waals surface area contributed by atoms with E-state index in [9.17, 15) is 14.7 Å². The zero-order valence-corrected chi connectivity index (χ0v) is 22.9. The lowest BCUT2D eigenvalue weighted by molar-refractivity contribution is 0.0281. The maximum atomic E-state index is 13.7. The van der Waals surface area contributed by atoms with Crippen molar-refractivity contribution in [2.45, 2.75) is 51.7 Å². The molecule has 8 nitrogen and oxygen atoms in total. The first kappa shape index (κ1) is 28.1. The Hall–Kier alpha value is -2.94. The van der Waals surface area contributed by atoms with Crippen LogP contribution in [0.25, 0.3) is 0 Å². The summed E-state index contributed by atoms with van der Waals surface area (Å²) in [6.45, 7) is 11.0. The normalized spacial score (nSPS) is 17.3. The number of carbonyl (C=O) groups excluding carboxylic acids is 2. The number of ether oxygens (including phenoxy) is 2. The average Bonchev–Trinajstić information content (AvgIpc) is 2.92. The maximum absolute atomic E-state index is 13.7. The van der Waals surface area contributed by atoms with Crippen LogP contribution in [-0.2, 0) is 16.0 Å². The zero-order chi connectivity index (χ0) is 27.1. The number of esters is 1. The molecule has 0 saturated carbocycles. The second-order valence-electron chi connectivity index (χ2n) is 10.8. The second kappa shape index (κ2) is 12.7. The highest BCUT2D eigenvalue weighted by Gasteiger charge is 2.27. The van der Waals surface area contributed by atoms with E-state index in [0.29, 0.717) is 57.5 Å². The molecule has 8 heteroatoms. The summed E-state index contributed by atoms with van der Waals surface area (Å²) in [5, 5.41) is 10.2. The summed E-state index contributed by atoms with van der Waals surface area (Å²) in [7, 11) is 0. The third-order valence-electron chi connectivity index (χ3n) is 7.17. The van der Waals surface area contributed by atoms with Crippen molar-refractivity contribution in [3.8, 4) is 0 Å². The Morgan fingerprint density at radius 2 is 1.74 bits per heavy atom. The number of β-amino-alcohol motifs (C(OH)–C–C–N with tert-alkyl or cyclic N) is 1. The summed E-state index contributed by atoms with van der Waals surface area (Å²) in [6.07, 6.45) is 2.04. The van der Waals surface area contributed by atoms with Crippen LogP contribution in [0.15, 0.2) is 48.5 Å². The number of anilines is 1. The van der Waals surface area contributed by atoms with E-state index in [0.717, 1.165) is 37.2 Å². The Kier molecular flexibility index (Phi) is 9.41.